The van der Waals surface area contributed by atoms with E-state index in [1.165, 1.54) is 5.56 Å². The Balaban J connectivity index is 2.46. The van der Waals surface area contributed by atoms with E-state index in [1.807, 2.05) is 6.07 Å². The van der Waals surface area contributed by atoms with Gasteiger partial charge in [0.15, 0.2) is 0 Å². The Labute approximate surface area is 127 Å². The van der Waals surface area contributed by atoms with Crippen molar-refractivity contribution in [3.63, 3.8) is 0 Å². The lowest BCUT2D eigenvalue weighted by Crippen LogP contribution is -2.18. The molecule has 21 heavy (non-hydrogen) atoms. The molecule has 0 radical (unpaired) electrons. The average molecular weight is 285 g/mol. The number of hydrogen-bond acceptors (Lipinski definition) is 1. The summed E-state index contributed by atoms with van der Waals surface area (Å²) >= 11 is 0. The van der Waals surface area contributed by atoms with Crippen molar-refractivity contribution in [2.75, 3.05) is 6.54 Å². The molecule has 2 rings (SSSR count). The van der Waals surface area contributed by atoms with E-state index < -0.39 is 0 Å². The number of nitrogens with one attached hydrogen (secondary N) is 1. The van der Waals surface area contributed by atoms with Crippen molar-refractivity contribution >= 4 is 0 Å². The standard InChI is InChI=1S/C19H24FN/c1-4-7-15-8-6-9-16(12-15)19-13-17(20)10-11-18(19)14(3)21-5-2/h6,8-14,21H,4-5,7H2,1-3H3. The van der Waals surface area contributed by atoms with E-state index in [9.17, 15) is 4.39 Å². The quantitative estimate of drug-likeness (QED) is 0.777. The van der Waals surface area contributed by atoms with Crippen molar-refractivity contribution in [3.05, 3.63) is 59.4 Å². The number of aryl methyl sites for hydroxylation is 1. The molecular formula is C19H24FN. The normalized spacial score (nSPS) is 12.4. The molecule has 0 heterocycles. The Morgan fingerprint density at radius 1 is 1.10 bits per heavy atom. The minimum absolute atomic E-state index is 0.182. The van der Waals surface area contributed by atoms with Crippen LogP contribution in [0.3, 0.4) is 0 Å². The van der Waals surface area contributed by atoms with Crippen LogP contribution in [0.1, 0.15) is 44.4 Å². The molecule has 0 aromatic heterocycles. The van der Waals surface area contributed by atoms with Gasteiger partial charge in [-0.1, -0.05) is 50.6 Å². The van der Waals surface area contributed by atoms with Crippen LogP contribution in [0, 0.1) is 5.82 Å². The highest BCUT2D eigenvalue weighted by atomic mass is 19.1. The summed E-state index contributed by atoms with van der Waals surface area (Å²) in [5.74, 6) is -0.182. The summed E-state index contributed by atoms with van der Waals surface area (Å²) in [6.07, 6.45) is 2.18. The Kier molecular flexibility index (Phi) is 5.51. The van der Waals surface area contributed by atoms with Gasteiger partial charge in [-0.05, 0) is 54.3 Å². The fourth-order valence-electron chi connectivity index (χ4n) is 2.76. The van der Waals surface area contributed by atoms with Crippen LogP contribution < -0.4 is 5.32 Å². The van der Waals surface area contributed by atoms with Crippen LogP contribution in [-0.4, -0.2) is 6.54 Å². The summed E-state index contributed by atoms with van der Waals surface area (Å²) in [5.41, 5.74) is 4.54. The van der Waals surface area contributed by atoms with Crippen LogP contribution in [0.15, 0.2) is 42.5 Å². The molecule has 2 aromatic rings. The second-order valence-electron chi connectivity index (χ2n) is 5.46. The van der Waals surface area contributed by atoms with Gasteiger partial charge in [-0.25, -0.2) is 4.39 Å². The number of rotatable bonds is 6. The third-order valence-corrected chi connectivity index (χ3v) is 3.77. The van der Waals surface area contributed by atoms with Crippen LogP contribution in [0.25, 0.3) is 11.1 Å². The Morgan fingerprint density at radius 2 is 1.90 bits per heavy atom. The average Bonchev–Trinajstić information content (AvgIpc) is 2.48. The Hall–Kier alpha value is -1.67. The predicted molar refractivity (Wildman–Crippen MR) is 87.9 cm³/mol. The first-order valence-electron chi connectivity index (χ1n) is 7.77. The molecule has 0 bridgehead atoms. The summed E-state index contributed by atoms with van der Waals surface area (Å²) < 4.78 is 13.7. The van der Waals surface area contributed by atoms with Crippen LogP contribution in [-0.2, 0) is 6.42 Å². The predicted octanol–water partition coefficient (Wildman–Crippen LogP) is 5.12. The van der Waals surface area contributed by atoms with Gasteiger partial charge >= 0.3 is 0 Å². The molecule has 0 spiro atoms. The van der Waals surface area contributed by atoms with Crippen molar-refractivity contribution < 1.29 is 4.39 Å². The molecular weight excluding hydrogens is 261 g/mol. The van der Waals surface area contributed by atoms with Gasteiger partial charge in [0.2, 0.25) is 0 Å². The van der Waals surface area contributed by atoms with Gasteiger partial charge in [0.25, 0.3) is 0 Å². The van der Waals surface area contributed by atoms with Crippen molar-refractivity contribution in [3.8, 4) is 11.1 Å². The van der Waals surface area contributed by atoms with E-state index in [0.29, 0.717) is 0 Å². The fraction of sp³-hybridized carbons (Fsp3) is 0.368. The number of hydrogen-bond donors (Lipinski definition) is 1. The fourth-order valence-corrected chi connectivity index (χ4v) is 2.76. The summed E-state index contributed by atoms with van der Waals surface area (Å²) in [4.78, 5) is 0. The molecule has 2 aromatic carbocycles. The lowest BCUT2D eigenvalue weighted by atomic mass is 9.93. The molecule has 0 saturated heterocycles. The molecule has 1 N–H and O–H groups in total. The molecule has 0 aliphatic heterocycles. The molecule has 1 atom stereocenters. The monoisotopic (exact) mass is 285 g/mol. The highest BCUT2D eigenvalue weighted by molar-refractivity contribution is 5.68. The van der Waals surface area contributed by atoms with Crippen molar-refractivity contribution in [1.29, 1.82) is 0 Å². The number of halogens is 1. The lowest BCUT2D eigenvalue weighted by molar-refractivity contribution is 0.593. The summed E-state index contributed by atoms with van der Waals surface area (Å²) in [5, 5.41) is 3.41. The van der Waals surface area contributed by atoms with Crippen molar-refractivity contribution in [1.82, 2.24) is 5.32 Å². The van der Waals surface area contributed by atoms with Gasteiger partial charge in [0, 0.05) is 6.04 Å². The maximum atomic E-state index is 13.7. The largest absolute Gasteiger partial charge is 0.310 e. The second-order valence-corrected chi connectivity index (χ2v) is 5.46. The maximum absolute atomic E-state index is 13.7. The second kappa shape index (κ2) is 7.37. The maximum Gasteiger partial charge on any atom is 0.123 e. The third-order valence-electron chi connectivity index (χ3n) is 3.77. The zero-order chi connectivity index (χ0) is 15.2. The number of benzene rings is 2. The van der Waals surface area contributed by atoms with E-state index in [2.05, 4.69) is 50.4 Å². The zero-order valence-electron chi connectivity index (χ0n) is 13.1. The van der Waals surface area contributed by atoms with Gasteiger partial charge in [0.1, 0.15) is 5.82 Å². The van der Waals surface area contributed by atoms with E-state index in [0.717, 1.165) is 36.1 Å². The highest BCUT2D eigenvalue weighted by Gasteiger charge is 2.12. The Bertz CT molecular complexity index is 592. The van der Waals surface area contributed by atoms with Crippen LogP contribution >= 0.6 is 0 Å². The van der Waals surface area contributed by atoms with Gasteiger partial charge < -0.3 is 5.32 Å². The minimum atomic E-state index is -0.182. The molecule has 2 heteroatoms. The van der Waals surface area contributed by atoms with Gasteiger partial charge in [-0.3, -0.25) is 0 Å². The lowest BCUT2D eigenvalue weighted by Gasteiger charge is -2.18. The van der Waals surface area contributed by atoms with E-state index in [1.54, 1.807) is 12.1 Å². The van der Waals surface area contributed by atoms with Crippen molar-refractivity contribution in [2.24, 2.45) is 0 Å². The van der Waals surface area contributed by atoms with Crippen LogP contribution in [0.2, 0.25) is 0 Å². The van der Waals surface area contributed by atoms with Crippen LogP contribution in [0.5, 0.6) is 0 Å². The zero-order valence-corrected chi connectivity index (χ0v) is 13.1. The minimum Gasteiger partial charge on any atom is -0.310 e. The summed E-state index contributed by atoms with van der Waals surface area (Å²) in [7, 11) is 0. The van der Waals surface area contributed by atoms with E-state index in [4.69, 9.17) is 0 Å². The van der Waals surface area contributed by atoms with Gasteiger partial charge in [-0.2, -0.15) is 0 Å². The first kappa shape index (κ1) is 15.7. The molecule has 0 fully saturated rings. The molecule has 1 unspecified atom stereocenters. The first-order valence-corrected chi connectivity index (χ1v) is 7.77. The SMILES string of the molecule is CCCc1cccc(-c2cc(F)ccc2C(C)NCC)c1. The van der Waals surface area contributed by atoms with Crippen molar-refractivity contribution in [2.45, 2.75) is 39.7 Å². The van der Waals surface area contributed by atoms with E-state index in [-0.39, 0.29) is 11.9 Å². The molecule has 1 nitrogen and oxygen atoms in total. The topological polar surface area (TPSA) is 12.0 Å². The van der Waals surface area contributed by atoms with Gasteiger partial charge in [0.05, 0.1) is 0 Å². The summed E-state index contributed by atoms with van der Waals surface area (Å²) in [6, 6.07) is 13.7. The molecule has 0 aliphatic rings. The van der Waals surface area contributed by atoms with E-state index >= 15 is 0 Å². The molecule has 112 valence electrons. The van der Waals surface area contributed by atoms with Crippen LogP contribution in [0.4, 0.5) is 4.39 Å². The van der Waals surface area contributed by atoms with Gasteiger partial charge in [-0.15, -0.1) is 0 Å². The smallest absolute Gasteiger partial charge is 0.123 e. The summed E-state index contributed by atoms with van der Waals surface area (Å²) in [6.45, 7) is 7.28. The molecule has 0 saturated carbocycles. The third kappa shape index (κ3) is 3.92. The molecule has 0 aliphatic carbocycles. The Morgan fingerprint density at radius 3 is 2.62 bits per heavy atom. The first-order chi connectivity index (χ1) is 10.2. The molecule has 0 amide bonds. The highest BCUT2D eigenvalue weighted by Crippen LogP contribution is 2.30.